The molecule has 0 aliphatic rings. The molecule has 1 aromatic heterocycles. The predicted molar refractivity (Wildman–Crippen MR) is 69.0 cm³/mol. The molecule has 0 bridgehead atoms. The van der Waals surface area contributed by atoms with Crippen molar-refractivity contribution in [3.8, 4) is 0 Å². The Morgan fingerprint density at radius 2 is 2.21 bits per heavy atom. The number of benzene rings is 1. The van der Waals surface area contributed by atoms with Gasteiger partial charge in [0.15, 0.2) is 0 Å². The zero-order valence-electron chi connectivity index (χ0n) is 10.5. The summed E-state index contributed by atoms with van der Waals surface area (Å²) < 4.78 is 1.53. The van der Waals surface area contributed by atoms with Gasteiger partial charge in [-0.25, -0.2) is 0 Å². The summed E-state index contributed by atoms with van der Waals surface area (Å²) in [5.74, 6) is -0.525. The molecule has 0 radical (unpaired) electrons. The van der Waals surface area contributed by atoms with Crippen LogP contribution in [0.4, 0.5) is 11.4 Å². The van der Waals surface area contributed by atoms with Crippen molar-refractivity contribution in [1.29, 1.82) is 0 Å². The highest BCUT2D eigenvalue weighted by Gasteiger charge is 2.22. The van der Waals surface area contributed by atoms with Crippen LogP contribution in [0.1, 0.15) is 15.9 Å². The molecule has 0 saturated carbocycles. The highest BCUT2D eigenvalue weighted by atomic mass is 16.6. The molecule has 2 aromatic rings. The molecule has 0 aliphatic heterocycles. The monoisotopic (exact) mass is 260 g/mol. The SMILES string of the molecule is Cc1cccc(C(=O)Nc2cnn(C)c2)c1[N+](=O)[O-]. The number of aromatic nitrogens is 2. The van der Waals surface area contributed by atoms with Crippen molar-refractivity contribution < 1.29 is 9.72 Å². The Labute approximate surface area is 109 Å². The fourth-order valence-corrected chi connectivity index (χ4v) is 1.77. The van der Waals surface area contributed by atoms with E-state index in [2.05, 4.69) is 10.4 Å². The molecule has 1 heterocycles. The van der Waals surface area contributed by atoms with Gasteiger partial charge >= 0.3 is 0 Å². The number of hydrogen-bond acceptors (Lipinski definition) is 4. The lowest BCUT2D eigenvalue weighted by Gasteiger charge is -2.05. The topological polar surface area (TPSA) is 90.1 Å². The molecule has 7 nitrogen and oxygen atoms in total. The van der Waals surface area contributed by atoms with Crippen molar-refractivity contribution in [3.63, 3.8) is 0 Å². The quantitative estimate of drug-likeness (QED) is 0.674. The molecule has 0 unspecified atom stereocenters. The lowest BCUT2D eigenvalue weighted by atomic mass is 10.1. The molecule has 0 saturated heterocycles. The number of nitrogens with one attached hydrogen (secondary N) is 1. The summed E-state index contributed by atoms with van der Waals surface area (Å²) >= 11 is 0. The largest absolute Gasteiger partial charge is 0.319 e. The van der Waals surface area contributed by atoms with Crippen LogP contribution in [0.3, 0.4) is 0 Å². The number of nitro groups is 1. The molecule has 19 heavy (non-hydrogen) atoms. The van der Waals surface area contributed by atoms with E-state index in [4.69, 9.17) is 0 Å². The summed E-state index contributed by atoms with van der Waals surface area (Å²) in [4.78, 5) is 22.5. The molecule has 1 N–H and O–H groups in total. The van der Waals surface area contributed by atoms with Crippen LogP contribution in [0.15, 0.2) is 30.6 Å². The first-order chi connectivity index (χ1) is 8.99. The van der Waals surface area contributed by atoms with Crippen molar-refractivity contribution >= 4 is 17.3 Å². The van der Waals surface area contributed by atoms with Crippen LogP contribution in [0.5, 0.6) is 0 Å². The van der Waals surface area contributed by atoms with Crippen LogP contribution in [-0.4, -0.2) is 20.6 Å². The zero-order chi connectivity index (χ0) is 14.0. The van der Waals surface area contributed by atoms with Crippen LogP contribution in [-0.2, 0) is 7.05 Å². The number of anilines is 1. The van der Waals surface area contributed by atoms with Crippen molar-refractivity contribution in [3.05, 3.63) is 51.8 Å². The number of rotatable bonds is 3. The number of nitrogens with zero attached hydrogens (tertiary/aromatic N) is 3. The van der Waals surface area contributed by atoms with Gasteiger partial charge in [0.05, 0.1) is 16.8 Å². The van der Waals surface area contributed by atoms with Gasteiger partial charge in [0.2, 0.25) is 0 Å². The van der Waals surface area contributed by atoms with Gasteiger partial charge in [0.25, 0.3) is 11.6 Å². The van der Waals surface area contributed by atoms with Crippen LogP contribution in [0, 0.1) is 17.0 Å². The third-order valence-electron chi connectivity index (χ3n) is 2.63. The van der Waals surface area contributed by atoms with Gasteiger partial charge in [-0.1, -0.05) is 12.1 Å². The Kier molecular flexibility index (Phi) is 3.28. The van der Waals surface area contributed by atoms with Crippen LogP contribution in [0.25, 0.3) is 0 Å². The van der Waals surface area contributed by atoms with Gasteiger partial charge in [0.1, 0.15) is 5.56 Å². The molecule has 7 heteroatoms. The van der Waals surface area contributed by atoms with Gasteiger partial charge in [-0.15, -0.1) is 0 Å². The first kappa shape index (κ1) is 12.7. The average Bonchev–Trinajstić information content (AvgIpc) is 2.73. The van der Waals surface area contributed by atoms with Gasteiger partial charge in [-0.3, -0.25) is 19.6 Å². The molecular formula is C12H12N4O3. The Morgan fingerprint density at radius 1 is 1.47 bits per heavy atom. The minimum absolute atomic E-state index is 0.0360. The maximum Gasteiger partial charge on any atom is 0.285 e. The van der Waals surface area contributed by atoms with Gasteiger partial charge in [-0.2, -0.15) is 5.10 Å². The summed E-state index contributed by atoms with van der Waals surface area (Å²) in [6.07, 6.45) is 3.08. The number of aryl methyl sites for hydroxylation is 2. The second kappa shape index (κ2) is 4.89. The van der Waals surface area contributed by atoms with E-state index < -0.39 is 10.8 Å². The van der Waals surface area contributed by atoms with E-state index in [9.17, 15) is 14.9 Å². The molecule has 1 amide bonds. The number of para-hydroxylation sites is 1. The lowest BCUT2D eigenvalue weighted by molar-refractivity contribution is -0.385. The lowest BCUT2D eigenvalue weighted by Crippen LogP contribution is -2.14. The zero-order valence-corrected chi connectivity index (χ0v) is 10.5. The van der Waals surface area contributed by atoms with Gasteiger partial charge in [-0.05, 0) is 13.0 Å². The number of amides is 1. The average molecular weight is 260 g/mol. The highest BCUT2D eigenvalue weighted by Crippen LogP contribution is 2.23. The normalized spacial score (nSPS) is 10.2. The number of hydrogen-bond donors (Lipinski definition) is 1. The predicted octanol–water partition coefficient (Wildman–Crippen LogP) is 1.89. The van der Waals surface area contributed by atoms with Gasteiger partial charge in [0, 0.05) is 18.8 Å². The van der Waals surface area contributed by atoms with Gasteiger partial charge < -0.3 is 5.32 Å². The summed E-state index contributed by atoms with van der Waals surface area (Å²) in [7, 11) is 1.71. The Balaban J connectivity index is 2.34. The van der Waals surface area contributed by atoms with E-state index >= 15 is 0 Å². The molecule has 0 atom stereocenters. The number of carbonyl (C=O) groups is 1. The Morgan fingerprint density at radius 3 is 2.79 bits per heavy atom. The maximum absolute atomic E-state index is 12.0. The molecular weight excluding hydrogens is 248 g/mol. The maximum atomic E-state index is 12.0. The minimum Gasteiger partial charge on any atom is -0.319 e. The van der Waals surface area contributed by atoms with E-state index in [0.717, 1.165) is 0 Å². The van der Waals surface area contributed by atoms with Crippen molar-refractivity contribution in [2.24, 2.45) is 7.05 Å². The van der Waals surface area contributed by atoms with Crippen LogP contribution >= 0.6 is 0 Å². The van der Waals surface area contributed by atoms with Crippen molar-refractivity contribution in [2.45, 2.75) is 6.92 Å². The number of nitro benzene ring substituents is 1. The summed E-state index contributed by atoms with van der Waals surface area (Å²) in [5.41, 5.74) is 0.796. The third-order valence-corrected chi connectivity index (χ3v) is 2.63. The van der Waals surface area contributed by atoms with Crippen LogP contribution in [0.2, 0.25) is 0 Å². The molecule has 0 spiro atoms. The molecule has 0 aliphatic carbocycles. The molecule has 2 rings (SSSR count). The first-order valence-electron chi connectivity index (χ1n) is 5.53. The van der Waals surface area contributed by atoms with E-state index in [1.165, 1.54) is 16.9 Å². The third kappa shape index (κ3) is 2.59. The molecule has 0 fully saturated rings. The summed E-state index contributed by atoms with van der Waals surface area (Å²) in [6.45, 7) is 1.60. The smallest absolute Gasteiger partial charge is 0.285 e. The summed E-state index contributed by atoms with van der Waals surface area (Å²) in [6, 6.07) is 4.64. The molecule has 1 aromatic carbocycles. The number of carbonyl (C=O) groups excluding carboxylic acids is 1. The Hall–Kier alpha value is -2.70. The first-order valence-corrected chi connectivity index (χ1v) is 5.53. The standard InChI is InChI=1S/C12H12N4O3/c1-8-4-3-5-10(11(8)16(18)19)12(17)14-9-6-13-15(2)7-9/h3-7H,1-2H3,(H,14,17). The second-order valence-electron chi connectivity index (χ2n) is 4.08. The fraction of sp³-hybridized carbons (Fsp3) is 0.167. The van der Waals surface area contributed by atoms with E-state index in [1.807, 2.05) is 0 Å². The van der Waals surface area contributed by atoms with Crippen molar-refractivity contribution in [2.75, 3.05) is 5.32 Å². The molecule has 98 valence electrons. The second-order valence-corrected chi connectivity index (χ2v) is 4.08. The van der Waals surface area contributed by atoms with Crippen molar-refractivity contribution in [1.82, 2.24) is 9.78 Å². The minimum atomic E-state index is -0.548. The summed E-state index contributed by atoms with van der Waals surface area (Å²) in [5, 5.41) is 17.5. The highest BCUT2D eigenvalue weighted by molar-refractivity contribution is 6.07. The fourth-order valence-electron chi connectivity index (χ4n) is 1.77. The Bertz CT molecular complexity index is 648. The van der Waals surface area contributed by atoms with E-state index in [0.29, 0.717) is 11.3 Å². The van der Waals surface area contributed by atoms with E-state index in [-0.39, 0.29) is 11.3 Å². The van der Waals surface area contributed by atoms with E-state index in [1.54, 1.807) is 32.3 Å². The van der Waals surface area contributed by atoms with Crippen LogP contribution < -0.4 is 5.32 Å².